The second kappa shape index (κ2) is 6.95. The Morgan fingerprint density at radius 3 is 2.54 bits per heavy atom. The molecule has 3 N–H and O–H groups in total. The molecule has 1 aromatic heterocycles. The standard InChI is InChI=1S/C18H16FN3O2/c19-13-8-5-12(6-9-13)7-10-17(23)21-22-18(24)15-11-20-16-4-2-1-3-14(15)16/h1-6,8-9,11,20H,7,10H2,(H,21,23)(H,22,24). The number of aryl methyl sites for hydroxylation is 1. The molecular weight excluding hydrogens is 309 g/mol. The first kappa shape index (κ1) is 15.7. The number of carbonyl (C=O) groups is 2. The van der Waals surface area contributed by atoms with Gasteiger partial charge in [0.15, 0.2) is 0 Å². The van der Waals surface area contributed by atoms with Crippen molar-refractivity contribution in [3.8, 4) is 0 Å². The van der Waals surface area contributed by atoms with Gasteiger partial charge in [0.1, 0.15) is 5.82 Å². The Morgan fingerprint density at radius 1 is 1.00 bits per heavy atom. The number of aromatic amines is 1. The Morgan fingerprint density at radius 2 is 1.75 bits per heavy atom. The fourth-order valence-electron chi connectivity index (χ4n) is 2.42. The minimum atomic E-state index is -0.386. The number of benzene rings is 2. The third kappa shape index (κ3) is 3.60. The van der Waals surface area contributed by atoms with Crippen LogP contribution < -0.4 is 10.9 Å². The van der Waals surface area contributed by atoms with Gasteiger partial charge in [-0.25, -0.2) is 4.39 Å². The van der Waals surface area contributed by atoms with Gasteiger partial charge in [-0.1, -0.05) is 30.3 Å². The van der Waals surface area contributed by atoms with Gasteiger partial charge in [-0.15, -0.1) is 0 Å². The molecule has 6 heteroatoms. The molecule has 0 bridgehead atoms. The average Bonchev–Trinajstić information content (AvgIpc) is 3.03. The number of H-pyrrole nitrogens is 1. The number of rotatable bonds is 4. The quantitative estimate of drug-likeness (QED) is 0.645. The Balaban J connectivity index is 1.52. The summed E-state index contributed by atoms with van der Waals surface area (Å²) in [5.41, 5.74) is 6.97. The molecule has 0 fully saturated rings. The van der Waals surface area contributed by atoms with Crippen molar-refractivity contribution in [2.75, 3.05) is 0 Å². The van der Waals surface area contributed by atoms with Crippen LogP contribution in [-0.4, -0.2) is 16.8 Å². The smallest absolute Gasteiger partial charge is 0.271 e. The van der Waals surface area contributed by atoms with E-state index in [1.165, 1.54) is 12.1 Å². The number of aromatic nitrogens is 1. The van der Waals surface area contributed by atoms with Crippen LogP contribution in [0.4, 0.5) is 4.39 Å². The molecule has 1 heterocycles. The number of amides is 2. The van der Waals surface area contributed by atoms with Crippen LogP contribution in [0.25, 0.3) is 10.9 Å². The van der Waals surface area contributed by atoms with Crippen LogP contribution in [0.1, 0.15) is 22.3 Å². The number of fused-ring (bicyclic) bond motifs is 1. The van der Waals surface area contributed by atoms with E-state index >= 15 is 0 Å². The van der Waals surface area contributed by atoms with Gasteiger partial charge in [0.2, 0.25) is 5.91 Å². The zero-order valence-corrected chi connectivity index (χ0v) is 12.8. The molecule has 0 spiro atoms. The van der Waals surface area contributed by atoms with Crippen LogP contribution >= 0.6 is 0 Å². The molecule has 0 saturated heterocycles. The van der Waals surface area contributed by atoms with Crippen LogP contribution in [0.2, 0.25) is 0 Å². The maximum absolute atomic E-state index is 12.8. The van der Waals surface area contributed by atoms with Crippen molar-refractivity contribution in [2.24, 2.45) is 0 Å². The van der Waals surface area contributed by atoms with Crippen molar-refractivity contribution in [3.63, 3.8) is 0 Å². The maximum Gasteiger partial charge on any atom is 0.271 e. The fraction of sp³-hybridized carbons (Fsp3) is 0.111. The van der Waals surface area contributed by atoms with Gasteiger partial charge >= 0.3 is 0 Å². The van der Waals surface area contributed by atoms with Crippen LogP contribution in [0.5, 0.6) is 0 Å². The molecular formula is C18H16FN3O2. The summed E-state index contributed by atoms with van der Waals surface area (Å²) in [4.78, 5) is 27.0. The normalized spacial score (nSPS) is 10.5. The lowest BCUT2D eigenvalue weighted by Crippen LogP contribution is -2.41. The third-order valence-electron chi connectivity index (χ3n) is 3.70. The third-order valence-corrected chi connectivity index (χ3v) is 3.70. The van der Waals surface area contributed by atoms with E-state index in [1.54, 1.807) is 18.3 Å². The number of hydrazine groups is 1. The minimum absolute atomic E-state index is 0.194. The van der Waals surface area contributed by atoms with Gasteiger partial charge in [-0.3, -0.25) is 20.4 Å². The first-order chi connectivity index (χ1) is 11.6. The summed E-state index contributed by atoms with van der Waals surface area (Å²) in [6.45, 7) is 0. The zero-order valence-electron chi connectivity index (χ0n) is 12.8. The van der Waals surface area contributed by atoms with Gasteiger partial charge in [-0.05, 0) is 30.2 Å². The van der Waals surface area contributed by atoms with Crippen LogP contribution in [-0.2, 0) is 11.2 Å². The molecule has 0 aliphatic heterocycles. The van der Waals surface area contributed by atoms with E-state index in [0.29, 0.717) is 12.0 Å². The van der Waals surface area contributed by atoms with Gasteiger partial charge in [0.25, 0.3) is 5.91 Å². The molecule has 0 atom stereocenters. The summed E-state index contributed by atoms with van der Waals surface area (Å²) in [5, 5.41) is 0.788. The van der Waals surface area contributed by atoms with Crippen LogP contribution in [0.3, 0.4) is 0 Å². The predicted molar refractivity (Wildman–Crippen MR) is 88.6 cm³/mol. The molecule has 2 amide bonds. The van der Waals surface area contributed by atoms with Crippen molar-refractivity contribution < 1.29 is 14.0 Å². The van der Waals surface area contributed by atoms with Crippen molar-refractivity contribution in [1.82, 2.24) is 15.8 Å². The van der Waals surface area contributed by atoms with E-state index < -0.39 is 0 Å². The Hall–Kier alpha value is -3.15. The molecule has 5 nitrogen and oxygen atoms in total. The molecule has 0 unspecified atom stereocenters. The Labute approximate surface area is 137 Å². The summed E-state index contributed by atoms with van der Waals surface area (Å²) in [6, 6.07) is 13.4. The lowest BCUT2D eigenvalue weighted by atomic mass is 10.1. The van der Waals surface area contributed by atoms with Gasteiger partial charge < -0.3 is 4.98 Å². The Kier molecular flexibility index (Phi) is 4.56. The topological polar surface area (TPSA) is 74.0 Å². The molecule has 0 saturated carbocycles. The molecule has 122 valence electrons. The molecule has 3 rings (SSSR count). The fourth-order valence-corrected chi connectivity index (χ4v) is 2.42. The molecule has 2 aromatic carbocycles. The van der Waals surface area contributed by atoms with Crippen LogP contribution in [0, 0.1) is 5.82 Å². The molecule has 3 aromatic rings. The number of halogens is 1. The summed E-state index contributed by atoms with van der Waals surface area (Å²) in [6.07, 6.45) is 2.26. The highest BCUT2D eigenvalue weighted by Gasteiger charge is 2.12. The monoisotopic (exact) mass is 325 g/mol. The van der Waals surface area contributed by atoms with E-state index in [2.05, 4.69) is 15.8 Å². The van der Waals surface area contributed by atoms with E-state index in [1.807, 2.05) is 24.3 Å². The van der Waals surface area contributed by atoms with E-state index in [-0.39, 0.29) is 24.1 Å². The number of para-hydroxylation sites is 1. The first-order valence-electron chi connectivity index (χ1n) is 7.53. The minimum Gasteiger partial charge on any atom is -0.360 e. The van der Waals surface area contributed by atoms with Gasteiger partial charge in [-0.2, -0.15) is 0 Å². The highest BCUT2D eigenvalue weighted by Crippen LogP contribution is 2.17. The van der Waals surface area contributed by atoms with Crippen molar-refractivity contribution in [3.05, 3.63) is 71.7 Å². The van der Waals surface area contributed by atoms with Gasteiger partial charge in [0, 0.05) is 23.5 Å². The molecule has 0 aliphatic rings. The first-order valence-corrected chi connectivity index (χ1v) is 7.53. The average molecular weight is 325 g/mol. The van der Waals surface area contributed by atoms with Crippen molar-refractivity contribution >= 4 is 22.7 Å². The van der Waals surface area contributed by atoms with Crippen molar-refractivity contribution in [1.29, 1.82) is 0 Å². The predicted octanol–water partition coefficient (Wildman–Crippen LogP) is 2.70. The van der Waals surface area contributed by atoms with E-state index in [9.17, 15) is 14.0 Å². The lowest BCUT2D eigenvalue weighted by molar-refractivity contribution is -0.121. The second-order valence-electron chi connectivity index (χ2n) is 5.38. The maximum atomic E-state index is 12.8. The number of hydrogen-bond acceptors (Lipinski definition) is 2. The highest BCUT2D eigenvalue weighted by molar-refractivity contribution is 6.07. The number of carbonyl (C=O) groups excluding carboxylic acids is 2. The van der Waals surface area contributed by atoms with E-state index in [4.69, 9.17) is 0 Å². The number of nitrogens with one attached hydrogen (secondary N) is 3. The Bertz CT molecular complexity index is 871. The number of hydrogen-bond donors (Lipinski definition) is 3. The second-order valence-corrected chi connectivity index (χ2v) is 5.38. The highest BCUT2D eigenvalue weighted by atomic mass is 19.1. The van der Waals surface area contributed by atoms with E-state index in [0.717, 1.165) is 16.5 Å². The van der Waals surface area contributed by atoms with Crippen LogP contribution in [0.15, 0.2) is 54.7 Å². The summed E-state index contributed by atoms with van der Waals surface area (Å²) in [7, 11) is 0. The molecule has 24 heavy (non-hydrogen) atoms. The largest absolute Gasteiger partial charge is 0.360 e. The molecule has 0 radical (unpaired) electrons. The lowest BCUT2D eigenvalue weighted by Gasteiger charge is -2.07. The summed E-state index contributed by atoms with van der Waals surface area (Å²) in [5.74, 6) is -1.01. The summed E-state index contributed by atoms with van der Waals surface area (Å²) >= 11 is 0. The summed E-state index contributed by atoms with van der Waals surface area (Å²) < 4.78 is 12.8. The van der Waals surface area contributed by atoms with Crippen molar-refractivity contribution in [2.45, 2.75) is 12.8 Å². The zero-order chi connectivity index (χ0) is 16.9. The SMILES string of the molecule is O=C(CCc1ccc(F)cc1)NNC(=O)c1c[nH]c2ccccc12. The van der Waals surface area contributed by atoms with Gasteiger partial charge in [0.05, 0.1) is 5.56 Å². The molecule has 0 aliphatic carbocycles.